The molecule has 3 nitrogen and oxygen atoms in total. The number of carbonyl (C=O) groups is 1. The number of benzene rings is 2. The number of hydrogen-bond donors (Lipinski definition) is 2. The predicted molar refractivity (Wildman–Crippen MR) is 74.3 cm³/mol. The van der Waals surface area contributed by atoms with Crippen molar-refractivity contribution in [1.82, 2.24) is 0 Å². The molecular weight excluding hydrogens is 262 g/mol. The van der Waals surface area contributed by atoms with Gasteiger partial charge in [0.25, 0.3) is 0 Å². The van der Waals surface area contributed by atoms with Gasteiger partial charge in [-0.05, 0) is 42.3 Å². The van der Waals surface area contributed by atoms with E-state index in [2.05, 4.69) is 5.32 Å². The maximum absolute atomic E-state index is 13.0. The van der Waals surface area contributed by atoms with Gasteiger partial charge in [-0.1, -0.05) is 12.1 Å². The quantitative estimate of drug-likeness (QED) is 0.847. The van der Waals surface area contributed by atoms with Crippen LogP contribution in [0.5, 0.6) is 0 Å². The molecule has 0 aromatic heterocycles. The monoisotopic (exact) mass is 276 g/mol. The highest BCUT2D eigenvalue weighted by atomic mass is 19.2. The van der Waals surface area contributed by atoms with Gasteiger partial charge in [-0.15, -0.1) is 0 Å². The number of carbonyl (C=O) groups excluding carboxylic acids is 1. The van der Waals surface area contributed by atoms with Crippen LogP contribution >= 0.6 is 0 Å². The molecule has 0 radical (unpaired) electrons. The average Bonchev–Trinajstić information content (AvgIpc) is 2.38. The van der Waals surface area contributed by atoms with Crippen LogP contribution in [0.2, 0.25) is 0 Å². The molecule has 0 aliphatic carbocycles. The highest BCUT2D eigenvalue weighted by Crippen LogP contribution is 2.17. The fourth-order valence-electron chi connectivity index (χ4n) is 1.76. The first-order valence-corrected chi connectivity index (χ1v) is 6.05. The van der Waals surface area contributed by atoms with Crippen molar-refractivity contribution in [2.45, 2.75) is 13.3 Å². The minimum atomic E-state index is -0.963. The van der Waals surface area contributed by atoms with E-state index in [1.807, 2.05) is 6.92 Å². The van der Waals surface area contributed by atoms with Crippen molar-refractivity contribution in [3.05, 3.63) is 59.2 Å². The molecule has 0 aliphatic rings. The second-order valence-corrected chi connectivity index (χ2v) is 4.54. The highest BCUT2D eigenvalue weighted by molar-refractivity contribution is 5.92. The molecule has 0 atom stereocenters. The normalized spacial score (nSPS) is 10.3. The van der Waals surface area contributed by atoms with Crippen molar-refractivity contribution in [1.29, 1.82) is 0 Å². The molecule has 2 rings (SSSR count). The Morgan fingerprint density at radius 3 is 2.55 bits per heavy atom. The van der Waals surface area contributed by atoms with Gasteiger partial charge in [0.2, 0.25) is 5.91 Å². The Balaban J connectivity index is 2.04. The molecule has 3 N–H and O–H groups in total. The Hall–Kier alpha value is -2.43. The molecule has 0 spiro atoms. The molecular formula is C15H14F2N2O. The van der Waals surface area contributed by atoms with Gasteiger partial charge < -0.3 is 11.1 Å². The number of nitrogens with one attached hydrogen (secondary N) is 1. The van der Waals surface area contributed by atoms with Gasteiger partial charge in [-0.2, -0.15) is 0 Å². The third kappa shape index (κ3) is 3.32. The van der Waals surface area contributed by atoms with Crippen LogP contribution < -0.4 is 11.1 Å². The summed E-state index contributed by atoms with van der Waals surface area (Å²) in [6.45, 7) is 1.86. The van der Waals surface area contributed by atoms with Crippen LogP contribution in [0.15, 0.2) is 36.4 Å². The first kappa shape index (κ1) is 14.0. The van der Waals surface area contributed by atoms with Gasteiger partial charge in [0, 0.05) is 11.4 Å². The summed E-state index contributed by atoms with van der Waals surface area (Å²) >= 11 is 0. The van der Waals surface area contributed by atoms with Crippen molar-refractivity contribution in [2.75, 3.05) is 11.1 Å². The standard InChI is InChI=1S/C15H14F2N2O/c1-9-2-4-11(8-14(9)18)19-15(20)7-10-3-5-12(16)13(17)6-10/h2-6,8H,7,18H2,1H3,(H,19,20). The molecule has 0 fully saturated rings. The lowest BCUT2D eigenvalue weighted by molar-refractivity contribution is -0.115. The van der Waals surface area contributed by atoms with Crippen molar-refractivity contribution in [2.24, 2.45) is 0 Å². The largest absolute Gasteiger partial charge is 0.398 e. The maximum atomic E-state index is 13.0. The molecule has 0 heterocycles. The van der Waals surface area contributed by atoms with Crippen LogP contribution in [0.3, 0.4) is 0 Å². The van der Waals surface area contributed by atoms with E-state index in [-0.39, 0.29) is 12.3 Å². The lowest BCUT2D eigenvalue weighted by Crippen LogP contribution is -2.14. The summed E-state index contributed by atoms with van der Waals surface area (Å²) in [6, 6.07) is 8.57. The number of anilines is 2. The zero-order valence-corrected chi connectivity index (χ0v) is 10.9. The summed E-state index contributed by atoms with van der Waals surface area (Å²) in [6.07, 6.45) is -0.0367. The van der Waals surface area contributed by atoms with Crippen molar-refractivity contribution < 1.29 is 13.6 Å². The van der Waals surface area contributed by atoms with Gasteiger partial charge in [0.05, 0.1) is 6.42 Å². The molecule has 0 saturated heterocycles. The van der Waals surface area contributed by atoms with E-state index in [1.54, 1.807) is 18.2 Å². The van der Waals surface area contributed by atoms with Crippen LogP contribution in [0.25, 0.3) is 0 Å². The molecule has 0 aliphatic heterocycles. The molecule has 2 aromatic carbocycles. The van der Waals surface area contributed by atoms with Crippen molar-refractivity contribution >= 4 is 17.3 Å². The Bertz CT molecular complexity index is 601. The molecule has 2 aromatic rings. The van der Waals surface area contributed by atoms with Gasteiger partial charge in [-0.3, -0.25) is 4.79 Å². The second-order valence-electron chi connectivity index (χ2n) is 4.54. The predicted octanol–water partition coefficient (Wildman–Crippen LogP) is 3.04. The summed E-state index contributed by atoms with van der Waals surface area (Å²) in [5, 5.41) is 2.66. The summed E-state index contributed by atoms with van der Waals surface area (Å²) in [5.74, 6) is -2.21. The van der Waals surface area contributed by atoms with E-state index in [9.17, 15) is 13.6 Å². The lowest BCUT2D eigenvalue weighted by atomic mass is 10.1. The second kappa shape index (κ2) is 5.69. The van der Waals surface area contributed by atoms with Crippen LogP contribution in [0.4, 0.5) is 20.2 Å². The van der Waals surface area contributed by atoms with Gasteiger partial charge in [0.1, 0.15) is 0 Å². The molecule has 1 amide bonds. The number of halogens is 2. The molecule has 5 heteroatoms. The van der Waals surface area contributed by atoms with E-state index < -0.39 is 11.6 Å². The van der Waals surface area contributed by atoms with Crippen LogP contribution in [0, 0.1) is 18.6 Å². The lowest BCUT2D eigenvalue weighted by Gasteiger charge is -2.08. The minimum absolute atomic E-state index is 0.0367. The van der Waals surface area contributed by atoms with Crippen molar-refractivity contribution in [3.63, 3.8) is 0 Å². The summed E-state index contributed by atoms with van der Waals surface area (Å²) in [4.78, 5) is 11.8. The Morgan fingerprint density at radius 2 is 1.90 bits per heavy atom. The van der Waals surface area contributed by atoms with E-state index in [0.717, 1.165) is 17.7 Å². The number of hydrogen-bond acceptors (Lipinski definition) is 2. The van der Waals surface area contributed by atoms with E-state index in [1.165, 1.54) is 6.07 Å². The molecule has 0 bridgehead atoms. The van der Waals surface area contributed by atoms with E-state index >= 15 is 0 Å². The smallest absolute Gasteiger partial charge is 0.228 e. The minimum Gasteiger partial charge on any atom is -0.398 e. The van der Waals surface area contributed by atoms with Gasteiger partial charge in [0.15, 0.2) is 11.6 Å². The van der Waals surface area contributed by atoms with Gasteiger partial charge >= 0.3 is 0 Å². The molecule has 0 unspecified atom stereocenters. The Kier molecular flexibility index (Phi) is 3.98. The number of nitrogens with two attached hydrogens (primary N) is 1. The molecule has 20 heavy (non-hydrogen) atoms. The average molecular weight is 276 g/mol. The third-order valence-electron chi connectivity index (χ3n) is 2.91. The fraction of sp³-hybridized carbons (Fsp3) is 0.133. The summed E-state index contributed by atoms with van der Waals surface area (Å²) < 4.78 is 25.8. The summed E-state index contributed by atoms with van der Waals surface area (Å²) in [5.41, 5.74) is 8.22. The van der Waals surface area contributed by atoms with Crippen LogP contribution in [-0.2, 0) is 11.2 Å². The SMILES string of the molecule is Cc1ccc(NC(=O)Cc2ccc(F)c(F)c2)cc1N. The van der Waals surface area contributed by atoms with Crippen molar-refractivity contribution in [3.8, 4) is 0 Å². The summed E-state index contributed by atoms with van der Waals surface area (Å²) in [7, 11) is 0. The first-order chi connectivity index (χ1) is 9.45. The van der Waals surface area contributed by atoms with Crippen LogP contribution in [-0.4, -0.2) is 5.91 Å². The van der Waals surface area contributed by atoms with E-state index in [0.29, 0.717) is 16.9 Å². The molecule has 104 valence electrons. The number of rotatable bonds is 3. The maximum Gasteiger partial charge on any atom is 0.228 e. The van der Waals surface area contributed by atoms with Gasteiger partial charge in [-0.25, -0.2) is 8.78 Å². The zero-order valence-electron chi connectivity index (χ0n) is 10.9. The number of nitrogen functional groups attached to an aromatic ring is 1. The fourth-order valence-corrected chi connectivity index (χ4v) is 1.76. The third-order valence-corrected chi connectivity index (χ3v) is 2.91. The molecule has 0 saturated carbocycles. The topological polar surface area (TPSA) is 55.1 Å². The zero-order chi connectivity index (χ0) is 14.7. The Labute approximate surface area is 115 Å². The van der Waals surface area contributed by atoms with Crippen LogP contribution in [0.1, 0.15) is 11.1 Å². The highest BCUT2D eigenvalue weighted by Gasteiger charge is 2.08. The number of amides is 1. The number of aryl methyl sites for hydroxylation is 1. The Morgan fingerprint density at radius 1 is 1.15 bits per heavy atom. The first-order valence-electron chi connectivity index (χ1n) is 6.05. The van der Waals surface area contributed by atoms with E-state index in [4.69, 9.17) is 5.73 Å².